The third-order valence-corrected chi connectivity index (χ3v) is 3.26. The Bertz CT molecular complexity index is 273. The molecule has 0 aromatic rings. The predicted molar refractivity (Wildman–Crippen MR) is 62.4 cm³/mol. The van der Waals surface area contributed by atoms with E-state index >= 15 is 0 Å². The first-order valence-corrected chi connectivity index (χ1v) is 6.20. The molecular weight excluding hydrogens is 204 g/mol. The van der Waals surface area contributed by atoms with Gasteiger partial charge in [0.1, 0.15) is 5.60 Å². The molecule has 4 nitrogen and oxygen atoms in total. The van der Waals surface area contributed by atoms with Gasteiger partial charge in [-0.2, -0.15) is 0 Å². The zero-order valence-corrected chi connectivity index (χ0v) is 10.5. The molecule has 4 heteroatoms. The highest BCUT2D eigenvalue weighted by atomic mass is 16.6. The van der Waals surface area contributed by atoms with Crippen LogP contribution in [0.5, 0.6) is 0 Å². The molecule has 2 atom stereocenters. The summed E-state index contributed by atoms with van der Waals surface area (Å²) >= 11 is 0. The van der Waals surface area contributed by atoms with Gasteiger partial charge in [-0.15, -0.1) is 0 Å². The summed E-state index contributed by atoms with van der Waals surface area (Å²) in [5.41, 5.74) is -0.392. The van der Waals surface area contributed by atoms with E-state index in [0.717, 1.165) is 32.4 Å². The first-order chi connectivity index (χ1) is 7.47. The molecule has 2 heterocycles. The lowest BCUT2D eigenvalue weighted by Gasteiger charge is -2.33. The lowest BCUT2D eigenvalue weighted by molar-refractivity contribution is 0.0197. The number of hydrogen-bond acceptors (Lipinski definition) is 3. The highest BCUT2D eigenvalue weighted by molar-refractivity contribution is 5.69. The highest BCUT2D eigenvalue weighted by Gasteiger charge is 2.39. The van der Waals surface area contributed by atoms with E-state index in [1.165, 1.54) is 0 Å². The Labute approximate surface area is 97.3 Å². The van der Waals surface area contributed by atoms with Crippen LogP contribution in [-0.2, 0) is 4.74 Å². The van der Waals surface area contributed by atoms with Crippen LogP contribution in [0, 0.1) is 0 Å². The number of amides is 1. The maximum atomic E-state index is 12.0. The number of carbonyl (C=O) groups excluding carboxylic acids is 1. The van der Waals surface area contributed by atoms with Gasteiger partial charge in [-0.25, -0.2) is 4.79 Å². The van der Waals surface area contributed by atoms with E-state index in [2.05, 4.69) is 5.32 Å². The zero-order valence-electron chi connectivity index (χ0n) is 10.5. The standard InChI is InChI=1S/C12H22N2O2/c1-12(2,3)16-11(15)14-8-6-9-10(14)5-4-7-13-9/h9-10,13H,4-8H2,1-3H3/t9-,10-/m1/s1. The fraction of sp³-hybridized carbons (Fsp3) is 0.917. The topological polar surface area (TPSA) is 41.6 Å². The van der Waals surface area contributed by atoms with Crippen molar-refractivity contribution in [1.82, 2.24) is 10.2 Å². The van der Waals surface area contributed by atoms with Crippen molar-refractivity contribution in [1.29, 1.82) is 0 Å². The molecule has 0 aliphatic carbocycles. The Balaban J connectivity index is 1.97. The summed E-state index contributed by atoms with van der Waals surface area (Å²) in [5, 5.41) is 3.48. The maximum absolute atomic E-state index is 12.0. The number of rotatable bonds is 0. The van der Waals surface area contributed by atoms with Gasteiger partial charge in [-0.3, -0.25) is 0 Å². The van der Waals surface area contributed by atoms with E-state index < -0.39 is 5.60 Å². The van der Waals surface area contributed by atoms with E-state index in [4.69, 9.17) is 4.74 Å². The molecule has 0 bridgehead atoms. The van der Waals surface area contributed by atoms with E-state index in [1.54, 1.807) is 0 Å². The van der Waals surface area contributed by atoms with Gasteiger partial charge in [0.25, 0.3) is 0 Å². The summed E-state index contributed by atoms with van der Waals surface area (Å²) in [6.07, 6.45) is 3.17. The van der Waals surface area contributed by atoms with Crippen LogP contribution in [-0.4, -0.2) is 41.8 Å². The van der Waals surface area contributed by atoms with Gasteiger partial charge >= 0.3 is 6.09 Å². The molecule has 2 saturated heterocycles. The monoisotopic (exact) mass is 226 g/mol. The van der Waals surface area contributed by atoms with Crippen LogP contribution in [0.25, 0.3) is 0 Å². The van der Waals surface area contributed by atoms with Crippen LogP contribution in [0.1, 0.15) is 40.0 Å². The minimum atomic E-state index is -0.392. The molecule has 0 radical (unpaired) electrons. The summed E-state index contributed by atoms with van der Waals surface area (Å²) in [6, 6.07) is 0.838. The molecule has 2 fully saturated rings. The number of carbonyl (C=O) groups is 1. The van der Waals surface area contributed by atoms with Crippen molar-refractivity contribution in [2.75, 3.05) is 13.1 Å². The van der Waals surface area contributed by atoms with Crippen molar-refractivity contribution in [2.24, 2.45) is 0 Å². The van der Waals surface area contributed by atoms with E-state index in [1.807, 2.05) is 25.7 Å². The molecule has 92 valence electrons. The van der Waals surface area contributed by atoms with Crippen molar-refractivity contribution in [3.05, 3.63) is 0 Å². The quantitative estimate of drug-likeness (QED) is 0.684. The second-order valence-electron chi connectivity index (χ2n) is 5.73. The maximum Gasteiger partial charge on any atom is 0.410 e. The largest absolute Gasteiger partial charge is 0.444 e. The van der Waals surface area contributed by atoms with Gasteiger partial charge in [0, 0.05) is 12.6 Å². The van der Waals surface area contributed by atoms with Crippen LogP contribution in [0.3, 0.4) is 0 Å². The van der Waals surface area contributed by atoms with Crippen molar-refractivity contribution < 1.29 is 9.53 Å². The van der Waals surface area contributed by atoms with Gasteiger partial charge < -0.3 is 15.0 Å². The Morgan fingerprint density at radius 1 is 1.38 bits per heavy atom. The Hall–Kier alpha value is -0.770. The average Bonchev–Trinajstić information content (AvgIpc) is 2.58. The van der Waals surface area contributed by atoms with E-state index in [-0.39, 0.29) is 6.09 Å². The second kappa shape index (κ2) is 4.24. The van der Waals surface area contributed by atoms with Gasteiger partial charge in [0.05, 0.1) is 6.04 Å². The van der Waals surface area contributed by atoms with Crippen molar-refractivity contribution in [2.45, 2.75) is 57.7 Å². The van der Waals surface area contributed by atoms with Gasteiger partial charge in [0.2, 0.25) is 0 Å². The minimum Gasteiger partial charge on any atom is -0.444 e. The number of ether oxygens (including phenoxy) is 1. The number of fused-ring (bicyclic) bond motifs is 1. The molecule has 0 unspecified atom stereocenters. The highest BCUT2D eigenvalue weighted by Crippen LogP contribution is 2.26. The molecule has 0 spiro atoms. The van der Waals surface area contributed by atoms with Gasteiger partial charge in [0.15, 0.2) is 0 Å². The smallest absolute Gasteiger partial charge is 0.410 e. The zero-order chi connectivity index (χ0) is 11.8. The van der Waals surface area contributed by atoms with Crippen LogP contribution < -0.4 is 5.32 Å². The molecule has 2 aliphatic rings. The lowest BCUT2D eigenvalue weighted by Crippen LogP contribution is -2.49. The molecule has 0 aromatic carbocycles. The summed E-state index contributed by atoms with van der Waals surface area (Å²) < 4.78 is 5.43. The Morgan fingerprint density at radius 2 is 2.12 bits per heavy atom. The Kier molecular flexibility index (Phi) is 3.10. The summed E-state index contributed by atoms with van der Waals surface area (Å²) in [4.78, 5) is 13.9. The SMILES string of the molecule is CC(C)(C)OC(=O)N1CC[C@H]2NCCC[C@H]21. The number of nitrogens with zero attached hydrogens (tertiary/aromatic N) is 1. The predicted octanol–water partition coefficient (Wildman–Crippen LogP) is 1.75. The molecule has 2 aliphatic heterocycles. The molecule has 0 aromatic heterocycles. The fourth-order valence-electron chi connectivity index (χ4n) is 2.59. The lowest BCUT2D eigenvalue weighted by atomic mass is 10.00. The molecule has 1 N–H and O–H groups in total. The average molecular weight is 226 g/mol. The second-order valence-corrected chi connectivity index (χ2v) is 5.73. The van der Waals surface area contributed by atoms with Crippen LogP contribution in [0.4, 0.5) is 4.79 Å². The van der Waals surface area contributed by atoms with Crippen molar-refractivity contribution in [3.8, 4) is 0 Å². The van der Waals surface area contributed by atoms with Crippen LogP contribution in [0.2, 0.25) is 0 Å². The third-order valence-electron chi connectivity index (χ3n) is 3.26. The van der Waals surface area contributed by atoms with Crippen LogP contribution in [0.15, 0.2) is 0 Å². The van der Waals surface area contributed by atoms with Crippen LogP contribution >= 0.6 is 0 Å². The van der Waals surface area contributed by atoms with Gasteiger partial charge in [-0.05, 0) is 46.6 Å². The number of nitrogens with one attached hydrogen (secondary N) is 1. The van der Waals surface area contributed by atoms with Crippen molar-refractivity contribution in [3.63, 3.8) is 0 Å². The molecule has 1 amide bonds. The minimum absolute atomic E-state index is 0.149. The molecular formula is C12H22N2O2. The first-order valence-electron chi connectivity index (χ1n) is 6.20. The Morgan fingerprint density at radius 3 is 2.81 bits per heavy atom. The summed E-state index contributed by atoms with van der Waals surface area (Å²) in [7, 11) is 0. The van der Waals surface area contributed by atoms with Gasteiger partial charge in [-0.1, -0.05) is 0 Å². The summed E-state index contributed by atoms with van der Waals surface area (Å²) in [6.45, 7) is 7.66. The fourth-order valence-corrected chi connectivity index (χ4v) is 2.59. The normalized spacial score (nSPS) is 30.1. The summed E-state index contributed by atoms with van der Waals surface area (Å²) in [5.74, 6) is 0. The first kappa shape index (κ1) is 11.7. The van der Waals surface area contributed by atoms with E-state index in [0.29, 0.717) is 12.1 Å². The van der Waals surface area contributed by atoms with Crippen molar-refractivity contribution >= 4 is 6.09 Å². The number of piperidine rings is 1. The molecule has 0 saturated carbocycles. The molecule has 2 rings (SSSR count). The number of hydrogen-bond donors (Lipinski definition) is 1. The molecule has 16 heavy (non-hydrogen) atoms. The third kappa shape index (κ3) is 2.48. The van der Waals surface area contributed by atoms with E-state index in [9.17, 15) is 4.79 Å². The number of likely N-dealkylation sites (tertiary alicyclic amines) is 1.